The molecule has 0 fully saturated rings. The van der Waals surface area contributed by atoms with Crippen LogP contribution in [0.15, 0.2) is 53.4 Å². The van der Waals surface area contributed by atoms with Gasteiger partial charge in [0.05, 0.1) is 5.02 Å². The van der Waals surface area contributed by atoms with Crippen molar-refractivity contribution in [1.82, 2.24) is 0 Å². The minimum atomic E-state index is -1.01. The second-order valence-electron chi connectivity index (χ2n) is 4.77. The minimum Gasteiger partial charge on any atom is -0.384 e. The SMILES string of the molecule is NCC(O)(CCSc1cc(Cl)ccc1Cl)c1ccccc1. The molecule has 0 aliphatic rings. The Hall–Kier alpha value is -0.710. The first-order valence-electron chi connectivity index (χ1n) is 6.61. The summed E-state index contributed by atoms with van der Waals surface area (Å²) < 4.78 is 0. The zero-order valence-corrected chi connectivity index (χ0v) is 13.8. The van der Waals surface area contributed by atoms with Gasteiger partial charge in [-0.2, -0.15) is 0 Å². The molecule has 2 nitrogen and oxygen atoms in total. The molecule has 0 radical (unpaired) electrons. The van der Waals surface area contributed by atoms with Crippen LogP contribution in [0.5, 0.6) is 0 Å². The number of thioether (sulfide) groups is 1. The van der Waals surface area contributed by atoms with E-state index in [1.807, 2.05) is 36.4 Å². The van der Waals surface area contributed by atoms with E-state index in [0.717, 1.165) is 10.5 Å². The summed E-state index contributed by atoms with van der Waals surface area (Å²) in [4.78, 5) is 0.914. The zero-order valence-electron chi connectivity index (χ0n) is 11.4. The van der Waals surface area contributed by atoms with Crippen molar-refractivity contribution < 1.29 is 5.11 Å². The summed E-state index contributed by atoms with van der Waals surface area (Å²) in [5, 5.41) is 12.0. The van der Waals surface area contributed by atoms with Gasteiger partial charge in [-0.3, -0.25) is 0 Å². The highest BCUT2D eigenvalue weighted by atomic mass is 35.5. The fourth-order valence-corrected chi connectivity index (χ4v) is 3.62. The molecule has 0 saturated heterocycles. The fraction of sp³-hybridized carbons (Fsp3) is 0.250. The predicted octanol–water partition coefficient (Wildman–Crippen LogP) is 4.32. The van der Waals surface area contributed by atoms with Gasteiger partial charge in [-0.05, 0) is 30.2 Å². The molecule has 1 unspecified atom stereocenters. The van der Waals surface area contributed by atoms with Crippen LogP contribution in [0.4, 0.5) is 0 Å². The van der Waals surface area contributed by atoms with Gasteiger partial charge in [-0.25, -0.2) is 0 Å². The van der Waals surface area contributed by atoms with Gasteiger partial charge >= 0.3 is 0 Å². The zero-order chi connectivity index (χ0) is 15.3. The summed E-state index contributed by atoms with van der Waals surface area (Å²) >= 11 is 13.7. The van der Waals surface area contributed by atoms with E-state index in [-0.39, 0.29) is 6.54 Å². The monoisotopic (exact) mass is 341 g/mol. The lowest BCUT2D eigenvalue weighted by atomic mass is 9.91. The highest BCUT2D eigenvalue weighted by Gasteiger charge is 2.27. The van der Waals surface area contributed by atoms with Crippen LogP contribution >= 0.6 is 35.0 Å². The summed E-state index contributed by atoms with van der Waals surface area (Å²) in [6.07, 6.45) is 0.543. The number of hydrogen-bond donors (Lipinski definition) is 2. The maximum atomic E-state index is 10.7. The smallest absolute Gasteiger partial charge is 0.103 e. The third-order valence-electron chi connectivity index (χ3n) is 3.32. The summed E-state index contributed by atoms with van der Waals surface area (Å²) in [6, 6.07) is 14.9. The summed E-state index contributed by atoms with van der Waals surface area (Å²) in [6.45, 7) is 0.181. The molecule has 2 aromatic rings. The molecule has 0 spiro atoms. The van der Waals surface area contributed by atoms with Crippen molar-refractivity contribution in [2.75, 3.05) is 12.3 Å². The Labute approximate surface area is 139 Å². The second kappa shape index (κ2) is 7.52. The summed E-state index contributed by atoms with van der Waals surface area (Å²) in [7, 11) is 0. The fourth-order valence-electron chi connectivity index (χ4n) is 2.03. The summed E-state index contributed by atoms with van der Waals surface area (Å²) in [5.74, 6) is 0.697. The van der Waals surface area contributed by atoms with Crippen molar-refractivity contribution in [3.05, 3.63) is 64.1 Å². The number of nitrogens with two attached hydrogens (primary N) is 1. The third kappa shape index (κ3) is 4.38. The molecule has 112 valence electrons. The van der Waals surface area contributed by atoms with Gasteiger partial charge < -0.3 is 10.8 Å². The molecule has 0 aromatic heterocycles. The number of rotatable bonds is 6. The van der Waals surface area contributed by atoms with E-state index in [1.54, 1.807) is 23.9 Å². The number of aliphatic hydroxyl groups is 1. The van der Waals surface area contributed by atoms with E-state index >= 15 is 0 Å². The molecule has 1 atom stereocenters. The molecular formula is C16H17Cl2NOS. The minimum absolute atomic E-state index is 0.181. The van der Waals surface area contributed by atoms with Crippen LogP contribution in [0.2, 0.25) is 10.0 Å². The Bertz CT molecular complexity index is 594. The molecule has 5 heteroatoms. The molecule has 0 aliphatic carbocycles. The van der Waals surface area contributed by atoms with Crippen molar-refractivity contribution in [3.63, 3.8) is 0 Å². The maximum absolute atomic E-state index is 10.7. The lowest BCUT2D eigenvalue weighted by Crippen LogP contribution is -2.35. The molecular weight excluding hydrogens is 325 g/mol. The Kier molecular flexibility index (Phi) is 5.97. The van der Waals surface area contributed by atoms with E-state index in [4.69, 9.17) is 28.9 Å². The molecule has 0 heterocycles. The van der Waals surface area contributed by atoms with Gasteiger partial charge in [0.15, 0.2) is 0 Å². The highest BCUT2D eigenvalue weighted by molar-refractivity contribution is 7.99. The lowest BCUT2D eigenvalue weighted by molar-refractivity contribution is 0.0431. The van der Waals surface area contributed by atoms with Crippen molar-refractivity contribution >= 4 is 35.0 Å². The first-order chi connectivity index (χ1) is 10.0. The predicted molar refractivity (Wildman–Crippen MR) is 91.2 cm³/mol. The lowest BCUT2D eigenvalue weighted by Gasteiger charge is -2.27. The third-order valence-corrected chi connectivity index (χ3v) is 5.05. The van der Waals surface area contributed by atoms with E-state index in [9.17, 15) is 5.11 Å². The molecule has 2 aromatic carbocycles. The van der Waals surface area contributed by atoms with Crippen molar-refractivity contribution in [1.29, 1.82) is 0 Å². The number of benzene rings is 2. The molecule has 3 N–H and O–H groups in total. The number of halogens is 2. The summed E-state index contributed by atoms with van der Waals surface area (Å²) in [5.41, 5.74) is 5.59. The van der Waals surface area contributed by atoms with E-state index in [1.165, 1.54) is 0 Å². The largest absolute Gasteiger partial charge is 0.384 e. The van der Waals surface area contributed by atoms with Gasteiger partial charge in [-0.15, -0.1) is 11.8 Å². The topological polar surface area (TPSA) is 46.2 Å². The Morgan fingerprint density at radius 3 is 2.48 bits per heavy atom. The molecule has 0 saturated carbocycles. The second-order valence-corrected chi connectivity index (χ2v) is 6.76. The average molecular weight is 342 g/mol. The molecule has 2 rings (SSSR count). The maximum Gasteiger partial charge on any atom is 0.103 e. The van der Waals surface area contributed by atoms with Crippen LogP contribution in [-0.4, -0.2) is 17.4 Å². The Morgan fingerprint density at radius 2 is 1.81 bits per heavy atom. The highest BCUT2D eigenvalue weighted by Crippen LogP contribution is 2.33. The van der Waals surface area contributed by atoms with Crippen LogP contribution in [-0.2, 0) is 5.60 Å². The molecule has 0 bridgehead atoms. The standard InChI is InChI=1S/C16H17Cl2NOS/c17-13-6-7-14(18)15(10-13)21-9-8-16(20,11-19)12-4-2-1-3-5-12/h1-7,10,20H,8-9,11,19H2. The van der Waals surface area contributed by atoms with Gasteiger partial charge in [-0.1, -0.05) is 53.5 Å². The van der Waals surface area contributed by atoms with Crippen LogP contribution < -0.4 is 5.73 Å². The quantitative estimate of drug-likeness (QED) is 0.769. The van der Waals surface area contributed by atoms with Crippen molar-refractivity contribution in [3.8, 4) is 0 Å². The van der Waals surface area contributed by atoms with Crippen LogP contribution in [0.1, 0.15) is 12.0 Å². The van der Waals surface area contributed by atoms with Crippen molar-refractivity contribution in [2.45, 2.75) is 16.9 Å². The van der Waals surface area contributed by atoms with Crippen LogP contribution in [0, 0.1) is 0 Å². The van der Waals surface area contributed by atoms with Crippen molar-refractivity contribution in [2.24, 2.45) is 5.73 Å². The van der Waals surface area contributed by atoms with E-state index in [0.29, 0.717) is 22.2 Å². The van der Waals surface area contributed by atoms with Crippen LogP contribution in [0.25, 0.3) is 0 Å². The van der Waals surface area contributed by atoms with E-state index < -0.39 is 5.60 Å². The molecule has 21 heavy (non-hydrogen) atoms. The molecule has 0 amide bonds. The van der Waals surface area contributed by atoms with Gasteiger partial charge in [0, 0.05) is 22.2 Å². The first kappa shape index (κ1) is 16.7. The Balaban J connectivity index is 2.02. The van der Waals surface area contributed by atoms with Gasteiger partial charge in [0.1, 0.15) is 5.60 Å². The molecule has 0 aliphatic heterocycles. The van der Waals surface area contributed by atoms with Gasteiger partial charge in [0.2, 0.25) is 0 Å². The van der Waals surface area contributed by atoms with Crippen LogP contribution in [0.3, 0.4) is 0 Å². The average Bonchev–Trinajstić information content (AvgIpc) is 2.51. The normalized spacial score (nSPS) is 13.9. The van der Waals surface area contributed by atoms with E-state index in [2.05, 4.69) is 0 Å². The first-order valence-corrected chi connectivity index (χ1v) is 8.35. The van der Waals surface area contributed by atoms with Gasteiger partial charge in [0.25, 0.3) is 0 Å². The Morgan fingerprint density at radius 1 is 1.10 bits per heavy atom. The number of hydrogen-bond acceptors (Lipinski definition) is 3.